The van der Waals surface area contributed by atoms with Crippen molar-refractivity contribution in [1.29, 1.82) is 0 Å². The molecule has 8 nitrogen and oxygen atoms in total. The van der Waals surface area contributed by atoms with Gasteiger partial charge in [0.05, 0.1) is 6.61 Å². The third-order valence-electron chi connectivity index (χ3n) is 4.10. The van der Waals surface area contributed by atoms with Crippen LogP contribution in [0, 0.1) is 13.8 Å². The van der Waals surface area contributed by atoms with Crippen LogP contribution in [0.15, 0.2) is 18.2 Å². The molecule has 0 bridgehead atoms. The second kappa shape index (κ2) is 7.13. The Morgan fingerprint density at radius 2 is 2.15 bits per heavy atom. The molecule has 2 aromatic heterocycles. The molecule has 1 aromatic carbocycles. The maximum atomic E-state index is 12.2. The highest BCUT2D eigenvalue weighted by atomic mass is 35.5. The molecule has 0 amide bonds. The van der Waals surface area contributed by atoms with Crippen molar-refractivity contribution in [3.05, 3.63) is 51.6 Å². The minimum atomic E-state index is -0.443. The van der Waals surface area contributed by atoms with Gasteiger partial charge in [-0.1, -0.05) is 11.6 Å². The van der Waals surface area contributed by atoms with E-state index in [0.717, 1.165) is 17.0 Å². The van der Waals surface area contributed by atoms with Crippen LogP contribution >= 0.6 is 11.6 Å². The van der Waals surface area contributed by atoms with E-state index < -0.39 is 5.97 Å². The van der Waals surface area contributed by atoms with Crippen molar-refractivity contribution in [2.45, 2.75) is 33.5 Å². The van der Waals surface area contributed by atoms with Crippen LogP contribution in [0.1, 0.15) is 28.3 Å². The number of halogens is 1. The number of esters is 1. The van der Waals surface area contributed by atoms with Gasteiger partial charge >= 0.3 is 5.97 Å². The molecule has 0 saturated heterocycles. The molecule has 0 unspecified atom stereocenters. The van der Waals surface area contributed by atoms with Gasteiger partial charge in [-0.15, -0.1) is 5.10 Å². The first-order chi connectivity index (χ1) is 13.0. The average Bonchev–Trinajstić information content (AvgIpc) is 3.02. The van der Waals surface area contributed by atoms with Gasteiger partial charge < -0.3 is 14.2 Å². The Labute approximate surface area is 160 Å². The predicted octanol–water partition coefficient (Wildman–Crippen LogP) is 2.55. The van der Waals surface area contributed by atoms with Crippen LogP contribution in [0.2, 0.25) is 5.02 Å². The SMILES string of the molecule is Cc1cc(C)n2nc(CC(=O)OCc3cc(Cl)cc4c3OCOC4)nc2n1. The van der Waals surface area contributed by atoms with Gasteiger partial charge in [-0.3, -0.25) is 4.79 Å². The molecule has 0 fully saturated rings. The van der Waals surface area contributed by atoms with Gasteiger partial charge in [0.15, 0.2) is 12.6 Å². The second-order valence-corrected chi connectivity index (χ2v) is 6.72. The number of benzene rings is 1. The molecular formula is C18H17ClN4O4. The number of hydrogen-bond acceptors (Lipinski definition) is 7. The fraction of sp³-hybridized carbons (Fsp3) is 0.333. The van der Waals surface area contributed by atoms with E-state index in [9.17, 15) is 4.79 Å². The molecule has 1 aliphatic rings. The smallest absolute Gasteiger partial charge is 0.313 e. The topological polar surface area (TPSA) is 87.8 Å². The number of fused-ring (bicyclic) bond motifs is 2. The summed E-state index contributed by atoms with van der Waals surface area (Å²) >= 11 is 6.12. The summed E-state index contributed by atoms with van der Waals surface area (Å²) in [5.74, 6) is 1.03. The van der Waals surface area contributed by atoms with Crippen LogP contribution in [-0.2, 0) is 33.9 Å². The first kappa shape index (κ1) is 17.7. The zero-order chi connectivity index (χ0) is 19.0. The van der Waals surface area contributed by atoms with E-state index in [1.807, 2.05) is 19.9 Å². The van der Waals surface area contributed by atoms with E-state index in [-0.39, 0.29) is 19.8 Å². The molecule has 9 heteroatoms. The van der Waals surface area contributed by atoms with Crippen LogP contribution in [-0.4, -0.2) is 32.3 Å². The Balaban J connectivity index is 1.46. The maximum Gasteiger partial charge on any atom is 0.313 e. The molecule has 3 heterocycles. The Bertz CT molecular complexity index is 1030. The zero-order valence-electron chi connectivity index (χ0n) is 14.9. The van der Waals surface area contributed by atoms with Gasteiger partial charge in [-0.05, 0) is 32.0 Å². The minimum absolute atomic E-state index is 0.0471. The summed E-state index contributed by atoms with van der Waals surface area (Å²) in [4.78, 5) is 20.8. The van der Waals surface area contributed by atoms with Crippen LogP contribution in [0.3, 0.4) is 0 Å². The number of carbonyl (C=O) groups is 1. The van der Waals surface area contributed by atoms with Gasteiger partial charge in [0.2, 0.25) is 0 Å². The van der Waals surface area contributed by atoms with Gasteiger partial charge in [0, 0.05) is 27.5 Å². The molecule has 0 saturated carbocycles. The lowest BCUT2D eigenvalue weighted by molar-refractivity contribution is -0.144. The largest absolute Gasteiger partial charge is 0.467 e. The monoisotopic (exact) mass is 388 g/mol. The van der Waals surface area contributed by atoms with E-state index in [2.05, 4.69) is 15.1 Å². The molecule has 0 N–H and O–H groups in total. The van der Waals surface area contributed by atoms with Crippen molar-refractivity contribution >= 4 is 23.3 Å². The lowest BCUT2D eigenvalue weighted by atomic mass is 10.1. The number of aryl methyl sites for hydroxylation is 2. The van der Waals surface area contributed by atoms with Crippen molar-refractivity contribution in [1.82, 2.24) is 19.6 Å². The van der Waals surface area contributed by atoms with Crippen molar-refractivity contribution in [3.8, 4) is 5.75 Å². The molecule has 140 valence electrons. The summed E-state index contributed by atoms with van der Waals surface area (Å²) in [6.45, 7) is 4.41. The van der Waals surface area contributed by atoms with Crippen LogP contribution < -0.4 is 4.74 Å². The molecule has 4 rings (SSSR count). The van der Waals surface area contributed by atoms with E-state index in [1.165, 1.54) is 0 Å². The Hall–Kier alpha value is -2.71. The van der Waals surface area contributed by atoms with E-state index in [1.54, 1.807) is 16.6 Å². The second-order valence-electron chi connectivity index (χ2n) is 6.28. The lowest BCUT2D eigenvalue weighted by Gasteiger charge is -2.21. The molecule has 0 spiro atoms. The normalized spacial score (nSPS) is 13.3. The van der Waals surface area contributed by atoms with Crippen LogP contribution in [0.5, 0.6) is 5.75 Å². The number of nitrogens with zero attached hydrogens (tertiary/aromatic N) is 4. The highest BCUT2D eigenvalue weighted by Crippen LogP contribution is 2.32. The number of carbonyl (C=O) groups excluding carboxylic acids is 1. The standard InChI is InChI=1S/C18H17ClN4O4/c1-10-3-11(2)23-18(20-10)21-15(22-23)6-16(24)26-8-13-5-14(19)4-12-7-25-9-27-17(12)13/h3-5H,6-9H2,1-2H3. The van der Waals surface area contributed by atoms with E-state index in [0.29, 0.717) is 34.5 Å². The molecule has 27 heavy (non-hydrogen) atoms. The van der Waals surface area contributed by atoms with Crippen molar-refractivity contribution in [2.24, 2.45) is 0 Å². The highest BCUT2D eigenvalue weighted by molar-refractivity contribution is 6.30. The Morgan fingerprint density at radius 3 is 3.00 bits per heavy atom. The van der Waals surface area contributed by atoms with E-state index in [4.69, 9.17) is 25.8 Å². The molecular weight excluding hydrogens is 372 g/mol. The number of ether oxygens (including phenoxy) is 3. The minimum Gasteiger partial charge on any atom is -0.467 e. The van der Waals surface area contributed by atoms with Crippen LogP contribution in [0.25, 0.3) is 5.78 Å². The first-order valence-corrected chi connectivity index (χ1v) is 8.75. The molecule has 0 radical (unpaired) electrons. The zero-order valence-corrected chi connectivity index (χ0v) is 15.6. The predicted molar refractivity (Wildman–Crippen MR) is 95.5 cm³/mol. The summed E-state index contributed by atoms with van der Waals surface area (Å²) < 4.78 is 17.7. The first-order valence-electron chi connectivity index (χ1n) is 8.37. The summed E-state index contributed by atoms with van der Waals surface area (Å²) in [5.41, 5.74) is 3.27. The Kier molecular flexibility index (Phi) is 4.67. The van der Waals surface area contributed by atoms with Crippen molar-refractivity contribution < 1.29 is 19.0 Å². The van der Waals surface area contributed by atoms with Crippen molar-refractivity contribution in [3.63, 3.8) is 0 Å². The fourth-order valence-corrected chi connectivity index (χ4v) is 3.25. The molecule has 1 aliphatic heterocycles. The van der Waals surface area contributed by atoms with Gasteiger partial charge in [-0.25, -0.2) is 9.50 Å². The quantitative estimate of drug-likeness (QED) is 0.634. The maximum absolute atomic E-state index is 12.2. The summed E-state index contributed by atoms with van der Waals surface area (Å²) in [7, 11) is 0. The lowest BCUT2D eigenvalue weighted by Crippen LogP contribution is -2.15. The third kappa shape index (κ3) is 3.72. The highest BCUT2D eigenvalue weighted by Gasteiger charge is 2.18. The van der Waals surface area contributed by atoms with Gasteiger partial charge in [-0.2, -0.15) is 4.98 Å². The van der Waals surface area contributed by atoms with Crippen molar-refractivity contribution in [2.75, 3.05) is 6.79 Å². The molecule has 3 aromatic rings. The third-order valence-corrected chi connectivity index (χ3v) is 4.32. The van der Waals surface area contributed by atoms with Gasteiger partial charge in [0.25, 0.3) is 5.78 Å². The Morgan fingerprint density at radius 1 is 1.30 bits per heavy atom. The average molecular weight is 389 g/mol. The van der Waals surface area contributed by atoms with Crippen LogP contribution in [0.4, 0.5) is 0 Å². The fourth-order valence-electron chi connectivity index (χ4n) is 2.98. The summed E-state index contributed by atoms with van der Waals surface area (Å²) in [5, 5.41) is 4.85. The molecule has 0 atom stereocenters. The summed E-state index contributed by atoms with van der Waals surface area (Å²) in [6.07, 6.45) is -0.0471. The summed E-state index contributed by atoms with van der Waals surface area (Å²) in [6, 6.07) is 5.40. The number of aromatic nitrogens is 4. The number of rotatable bonds is 4. The van der Waals surface area contributed by atoms with E-state index >= 15 is 0 Å². The molecule has 0 aliphatic carbocycles. The van der Waals surface area contributed by atoms with Gasteiger partial charge in [0.1, 0.15) is 18.8 Å². The number of hydrogen-bond donors (Lipinski definition) is 0.